The average Bonchev–Trinajstić information content (AvgIpc) is 2.43. The molecule has 0 bridgehead atoms. The molecule has 118 valence electrons. The summed E-state index contributed by atoms with van der Waals surface area (Å²) in [6.45, 7) is 8.84. The zero-order valence-corrected chi connectivity index (χ0v) is 13.8. The summed E-state index contributed by atoms with van der Waals surface area (Å²) in [5.41, 5.74) is 8.15. The van der Waals surface area contributed by atoms with Crippen LogP contribution in [0.2, 0.25) is 0 Å². The second kappa shape index (κ2) is 6.34. The van der Waals surface area contributed by atoms with E-state index in [0.29, 0.717) is 5.69 Å². The lowest BCUT2D eigenvalue weighted by molar-refractivity contribution is 0.217. The molecule has 0 saturated carbocycles. The first-order chi connectivity index (χ1) is 9.83. The highest BCUT2D eigenvalue weighted by atomic mass is 32.2. The van der Waals surface area contributed by atoms with E-state index in [-0.39, 0.29) is 10.9 Å². The fraction of sp³-hybridized carbons (Fsp3) is 0.600. The van der Waals surface area contributed by atoms with E-state index in [1.807, 2.05) is 13.8 Å². The summed E-state index contributed by atoms with van der Waals surface area (Å²) in [6.07, 6.45) is 1.69. The minimum Gasteiger partial charge on any atom is -0.398 e. The Hall–Kier alpha value is -1.11. The summed E-state index contributed by atoms with van der Waals surface area (Å²) < 4.78 is 27.9. The van der Waals surface area contributed by atoms with Gasteiger partial charge in [-0.25, -0.2) is 13.1 Å². The van der Waals surface area contributed by atoms with Gasteiger partial charge >= 0.3 is 0 Å². The Morgan fingerprint density at radius 1 is 1.24 bits per heavy atom. The second-order valence-electron chi connectivity index (χ2n) is 5.80. The summed E-state index contributed by atoms with van der Waals surface area (Å²) in [7, 11) is -3.55. The van der Waals surface area contributed by atoms with Gasteiger partial charge < -0.3 is 10.6 Å². The third kappa shape index (κ3) is 3.75. The fourth-order valence-corrected chi connectivity index (χ4v) is 4.20. The van der Waals surface area contributed by atoms with E-state index < -0.39 is 10.0 Å². The number of nitrogens with two attached hydrogens (primary N) is 1. The average molecular weight is 311 g/mol. The molecule has 1 heterocycles. The third-order valence-corrected chi connectivity index (χ3v) is 5.85. The number of sulfonamides is 1. The van der Waals surface area contributed by atoms with Crippen molar-refractivity contribution in [1.82, 2.24) is 9.62 Å². The van der Waals surface area contributed by atoms with Crippen LogP contribution in [-0.4, -0.2) is 39.0 Å². The fourth-order valence-electron chi connectivity index (χ4n) is 2.69. The van der Waals surface area contributed by atoms with Crippen molar-refractivity contribution in [2.24, 2.45) is 0 Å². The number of hydrogen-bond acceptors (Lipinski definition) is 4. The predicted octanol–water partition coefficient (Wildman–Crippen LogP) is 1.65. The molecule has 0 atom stereocenters. The van der Waals surface area contributed by atoms with Crippen LogP contribution in [-0.2, 0) is 10.0 Å². The SMILES string of the molecule is CCN1CCC(NS(=O)(=O)c2cc(C)c(C)cc2N)CC1. The van der Waals surface area contributed by atoms with Crippen LogP contribution >= 0.6 is 0 Å². The van der Waals surface area contributed by atoms with Crippen molar-refractivity contribution in [3.05, 3.63) is 23.3 Å². The van der Waals surface area contributed by atoms with Gasteiger partial charge in [-0.1, -0.05) is 6.92 Å². The first-order valence-corrected chi connectivity index (χ1v) is 8.93. The van der Waals surface area contributed by atoms with Crippen LogP contribution in [0.15, 0.2) is 17.0 Å². The number of anilines is 1. The molecule has 1 aromatic carbocycles. The van der Waals surface area contributed by atoms with Crippen LogP contribution in [0.25, 0.3) is 0 Å². The number of benzene rings is 1. The molecule has 1 aromatic rings. The first-order valence-electron chi connectivity index (χ1n) is 7.45. The van der Waals surface area contributed by atoms with E-state index in [2.05, 4.69) is 16.5 Å². The topological polar surface area (TPSA) is 75.4 Å². The van der Waals surface area contributed by atoms with Gasteiger partial charge in [0.25, 0.3) is 0 Å². The maximum absolute atomic E-state index is 12.5. The Bertz CT molecular complexity index is 606. The number of nitrogen functional groups attached to an aromatic ring is 1. The number of piperidine rings is 1. The number of nitrogens with zero attached hydrogens (tertiary/aromatic N) is 1. The number of likely N-dealkylation sites (tertiary alicyclic amines) is 1. The highest BCUT2D eigenvalue weighted by Crippen LogP contribution is 2.23. The van der Waals surface area contributed by atoms with Gasteiger partial charge in [-0.05, 0) is 69.6 Å². The largest absolute Gasteiger partial charge is 0.398 e. The van der Waals surface area contributed by atoms with Gasteiger partial charge in [0.15, 0.2) is 0 Å². The number of rotatable bonds is 4. The predicted molar refractivity (Wildman–Crippen MR) is 85.8 cm³/mol. The van der Waals surface area contributed by atoms with Crippen molar-refractivity contribution < 1.29 is 8.42 Å². The van der Waals surface area contributed by atoms with E-state index in [1.165, 1.54) is 0 Å². The molecule has 1 aliphatic heterocycles. The molecule has 0 radical (unpaired) electrons. The summed E-state index contributed by atoms with van der Waals surface area (Å²) in [5, 5.41) is 0. The van der Waals surface area contributed by atoms with Crippen molar-refractivity contribution >= 4 is 15.7 Å². The van der Waals surface area contributed by atoms with Gasteiger partial charge in [0, 0.05) is 6.04 Å². The minimum atomic E-state index is -3.55. The van der Waals surface area contributed by atoms with E-state index in [0.717, 1.165) is 43.6 Å². The molecule has 0 aromatic heterocycles. The zero-order chi connectivity index (χ0) is 15.6. The highest BCUT2D eigenvalue weighted by molar-refractivity contribution is 7.89. The highest BCUT2D eigenvalue weighted by Gasteiger charge is 2.25. The van der Waals surface area contributed by atoms with Crippen LogP contribution in [0.1, 0.15) is 30.9 Å². The Kier molecular flexibility index (Phi) is 4.91. The Morgan fingerprint density at radius 3 is 2.38 bits per heavy atom. The normalized spacial score (nSPS) is 18.0. The van der Waals surface area contributed by atoms with Crippen molar-refractivity contribution in [3.63, 3.8) is 0 Å². The van der Waals surface area contributed by atoms with E-state index >= 15 is 0 Å². The van der Waals surface area contributed by atoms with Crippen LogP contribution in [0.4, 0.5) is 5.69 Å². The van der Waals surface area contributed by atoms with Crippen LogP contribution in [0.3, 0.4) is 0 Å². The molecule has 5 nitrogen and oxygen atoms in total. The Labute approximate surface area is 127 Å². The quantitative estimate of drug-likeness (QED) is 0.829. The molecule has 1 aliphatic rings. The monoisotopic (exact) mass is 311 g/mol. The van der Waals surface area contributed by atoms with Gasteiger partial charge in [0.05, 0.1) is 5.69 Å². The first kappa shape index (κ1) is 16.3. The molecule has 0 aliphatic carbocycles. The molecule has 3 N–H and O–H groups in total. The number of aryl methyl sites for hydroxylation is 2. The molecule has 6 heteroatoms. The van der Waals surface area contributed by atoms with Crippen LogP contribution in [0, 0.1) is 13.8 Å². The molecule has 2 rings (SSSR count). The molecule has 0 amide bonds. The lowest BCUT2D eigenvalue weighted by Crippen LogP contribution is -2.44. The summed E-state index contributed by atoms with van der Waals surface area (Å²) in [5.74, 6) is 0. The van der Waals surface area contributed by atoms with E-state index in [1.54, 1.807) is 12.1 Å². The molecular weight excluding hydrogens is 286 g/mol. The lowest BCUT2D eigenvalue weighted by atomic mass is 10.1. The molecule has 1 saturated heterocycles. The van der Waals surface area contributed by atoms with E-state index in [4.69, 9.17) is 5.73 Å². The van der Waals surface area contributed by atoms with Crippen LogP contribution in [0.5, 0.6) is 0 Å². The van der Waals surface area contributed by atoms with Gasteiger partial charge in [-0.3, -0.25) is 0 Å². The van der Waals surface area contributed by atoms with Crippen molar-refractivity contribution in [2.75, 3.05) is 25.4 Å². The Balaban J connectivity index is 2.14. The number of hydrogen-bond donors (Lipinski definition) is 2. The molecule has 0 unspecified atom stereocenters. The lowest BCUT2D eigenvalue weighted by Gasteiger charge is -2.31. The van der Waals surface area contributed by atoms with Gasteiger partial charge in [0.1, 0.15) is 4.90 Å². The van der Waals surface area contributed by atoms with Gasteiger partial charge in [-0.15, -0.1) is 0 Å². The third-order valence-electron chi connectivity index (χ3n) is 4.27. The van der Waals surface area contributed by atoms with E-state index in [9.17, 15) is 8.42 Å². The standard InChI is InChI=1S/C15H25N3O2S/c1-4-18-7-5-13(6-8-18)17-21(19,20)15-10-12(3)11(2)9-14(15)16/h9-10,13,17H,4-8,16H2,1-3H3. The van der Waals surface area contributed by atoms with Crippen molar-refractivity contribution in [1.29, 1.82) is 0 Å². The molecule has 1 fully saturated rings. The molecular formula is C15H25N3O2S. The van der Waals surface area contributed by atoms with Crippen LogP contribution < -0.4 is 10.5 Å². The van der Waals surface area contributed by atoms with Crippen molar-refractivity contribution in [2.45, 2.75) is 44.6 Å². The summed E-state index contributed by atoms with van der Waals surface area (Å²) in [4.78, 5) is 2.53. The number of nitrogens with one attached hydrogen (secondary N) is 1. The maximum Gasteiger partial charge on any atom is 0.242 e. The van der Waals surface area contributed by atoms with Gasteiger partial charge in [0.2, 0.25) is 10.0 Å². The van der Waals surface area contributed by atoms with Gasteiger partial charge in [-0.2, -0.15) is 0 Å². The maximum atomic E-state index is 12.5. The summed E-state index contributed by atoms with van der Waals surface area (Å²) in [6, 6.07) is 3.39. The smallest absolute Gasteiger partial charge is 0.242 e. The van der Waals surface area contributed by atoms with Crippen molar-refractivity contribution in [3.8, 4) is 0 Å². The summed E-state index contributed by atoms with van der Waals surface area (Å²) >= 11 is 0. The Morgan fingerprint density at radius 2 is 1.81 bits per heavy atom. The zero-order valence-electron chi connectivity index (χ0n) is 13.0. The molecule has 21 heavy (non-hydrogen) atoms. The molecule has 0 spiro atoms. The minimum absolute atomic E-state index is 0.00110. The second-order valence-corrected chi connectivity index (χ2v) is 7.49.